The van der Waals surface area contributed by atoms with Crippen LogP contribution < -0.4 is 0 Å². The minimum absolute atomic E-state index is 0.0807. The first-order valence-electron chi connectivity index (χ1n) is 4.22. The Balaban J connectivity index is 3.16. The zero-order valence-corrected chi connectivity index (χ0v) is 8.05. The molecule has 0 radical (unpaired) electrons. The highest BCUT2D eigenvalue weighted by Gasteiger charge is 2.32. The second kappa shape index (κ2) is 4.49. The molecule has 0 fully saturated rings. The lowest BCUT2D eigenvalue weighted by molar-refractivity contribution is -0.137. The third kappa shape index (κ3) is 2.78. The summed E-state index contributed by atoms with van der Waals surface area (Å²) in [5.74, 6) is -3.01. The van der Waals surface area contributed by atoms with Gasteiger partial charge in [-0.3, -0.25) is 4.79 Å². The first-order chi connectivity index (χ1) is 7.77. The maximum atomic E-state index is 13.1. The highest BCUT2D eigenvalue weighted by atomic mass is 19.4. The average molecular weight is 249 g/mol. The maximum Gasteiger partial charge on any atom is 0.416 e. The molecule has 1 atom stereocenters. The van der Waals surface area contributed by atoms with Crippen LogP contribution in [-0.4, -0.2) is 12.0 Å². The van der Waals surface area contributed by atoms with Crippen molar-refractivity contribution in [3.05, 3.63) is 35.1 Å². The molecular weight excluding hydrogens is 245 g/mol. The Morgan fingerprint density at radius 1 is 1.35 bits per heavy atom. The summed E-state index contributed by atoms with van der Waals surface area (Å²) in [6.45, 7) is 0. The number of alkyl halides is 4. The summed E-state index contributed by atoms with van der Waals surface area (Å²) < 4.78 is 62.2. The van der Waals surface area contributed by atoms with Crippen molar-refractivity contribution in [2.45, 2.75) is 12.3 Å². The first-order valence-corrected chi connectivity index (χ1v) is 4.22. The minimum atomic E-state index is -4.76. The summed E-state index contributed by atoms with van der Waals surface area (Å²) in [4.78, 5) is 11.0. The third-order valence-corrected chi connectivity index (χ3v) is 1.91. The van der Waals surface area contributed by atoms with E-state index in [1.165, 1.54) is 0 Å². The fourth-order valence-corrected chi connectivity index (χ4v) is 1.09. The quantitative estimate of drug-likeness (QED) is 0.597. The molecule has 1 rings (SSSR count). The third-order valence-electron chi connectivity index (χ3n) is 1.91. The zero-order chi connectivity index (χ0) is 13.2. The van der Waals surface area contributed by atoms with Crippen LogP contribution in [0, 0.1) is 17.1 Å². The number of rotatable bonds is 2. The summed E-state index contributed by atoms with van der Waals surface area (Å²) in [5, 5.41) is 8.09. The molecule has 1 aromatic carbocycles. The number of nitriles is 1. The van der Waals surface area contributed by atoms with Crippen LogP contribution in [0.1, 0.15) is 15.9 Å². The Labute approximate surface area is 92.3 Å². The van der Waals surface area contributed by atoms with Crippen molar-refractivity contribution in [1.82, 2.24) is 0 Å². The van der Waals surface area contributed by atoms with E-state index in [1.54, 1.807) is 0 Å². The molecule has 0 saturated carbocycles. The van der Waals surface area contributed by atoms with E-state index in [1.807, 2.05) is 0 Å². The molecule has 0 spiro atoms. The molecule has 0 aliphatic carbocycles. The zero-order valence-electron chi connectivity index (χ0n) is 8.05. The molecule has 0 bridgehead atoms. The maximum absolute atomic E-state index is 13.1. The van der Waals surface area contributed by atoms with E-state index < -0.39 is 35.1 Å². The Morgan fingerprint density at radius 2 is 1.94 bits per heavy atom. The predicted octanol–water partition coefficient (Wildman–Crippen LogP) is 2.89. The molecule has 0 heterocycles. The number of ketones is 1. The smallest absolute Gasteiger partial charge is 0.290 e. The van der Waals surface area contributed by atoms with Gasteiger partial charge in [0.25, 0.3) is 0 Å². The van der Waals surface area contributed by atoms with Crippen molar-refractivity contribution in [1.29, 1.82) is 5.26 Å². The molecule has 17 heavy (non-hydrogen) atoms. The molecule has 0 amide bonds. The Hall–Kier alpha value is -1.97. The number of hydrogen-bond acceptors (Lipinski definition) is 2. The number of carbonyl (C=O) groups is 1. The van der Waals surface area contributed by atoms with E-state index >= 15 is 0 Å². The molecule has 0 aromatic heterocycles. The van der Waals surface area contributed by atoms with Crippen molar-refractivity contribution in [3.63, 3.8) is 0 Å². The molecule has 0 aliphatic rings. The highest BCUT2D eigenvalue weighted by Crippen LogP contribution is 2.30. The van der Waals surface area contributed by atoms with Crippen LogP contribution in [0.5, 0.6) is 0 Å². The van der Waals surface area contributed by atoms with Gasteiger partial charge < -0.3 is 0 Å². The standard InChI is InChI=1S/C10H4F5NO/c11-7-3-5(10(13,14)15)1-2-6(7)9(17)8(12)4-16/h1-3,8H. The second-order valence-electron chi connectivity index (χ2n) is 3.05. The van der Waals surface area contributed by atoms with Gasteiger partial charge in [-0.05, 0) is 18.2 Å². The van der Waals surface area contributed by atoms with Gasteiger partial charge >= 0.3 is 6.18 Å². The number of hydrogen-bond donors (Lipinski definition) is 0. The number of Topliss-reactive ketones (excluding diaryl/α,β-unsaturated/α-hetero) is 1. The van der Waals surface area contributed by atoms with Crippen molar-refractivity contribution in [3.8, 4) is 6.07 Å². The van der Waals surface area contributed by atoms with Gasteiger partial charge in [0.2, 0.25) is 12.0 Å². The van der Waals surface area contributed by atoms with E-state index in [4.69, 9.17) is 5.26 Å². The largest absolute Gasteiger partial charge is 0.416 e. The van der Waals surface area contributed by atoms with Crippen molar-refractivity contribution in [2.24, 2.45) is 0 Å². The van der Waals surface area contributed by atoms with Gasteiger partial charge in [-0.2, -0.15) is 18.4 Å². The fourth-order valence-electron chi connectivity index (χ4n) is 1.09. The van der Waals surface area contributed by atoms with Crippen LogP contribution in [0.25, 0.3) is 0 Å². The normalized spacial score (nSPS) is 12.9. The Bertz CT molecular complexity index is 488. The van der Waals surface area contributed by atoms with Crippen LogP contribution in [0.4, 0.5) is 22.0 Å². The van der Waals surface area contributed by atoms with Crippen LogP contribution in [0.3, 0.4) is 0 Å². The molecule has 1 unspecified atom stereocenters. The highest BCUT2D eigenvalue weighted by molar-refractivity contribution is 6.01. The molecule has 2 nitrogen and oxygen atoms in total. The van der Waals surface area contributed by atoms with Gasteiger partial charge in [-0.25, -0.2) is 8.78 Å². The summed E-state index contributed by atoms with van der Waals surface area (Å²) in [5.41, 5.74) is -2.18. The average Bonchev–Trinajstić information content (AvgIpc) is 2.25. The molecule has 0 N–H and O–H groups in total. The van der Waals surface area contributed by atoms with Crippen molar-refractivity contribution < 1.29 is 26.7 Å². The number of nitrogens with zero attached hydrogens (tertiary/aromatic N) is 1. The monoisotopic (exact) mass is 249 g/mol. The summed E-state index contributed by atoms with van der Waals surface area (Å²) in [6, 6.07) is 1.96. The Morgan fingerprint density at radius 3 is 2.35 bits per heavy atom. The lowest BCUT2D eigenvalue weighted by Crippen LogP contribution is -2.16. The van der Waals surface area contributed by atoms with Gasteiger partial charge in [0.15, 0.2) is 0 Å². The molecule has 0 aliphatic heterocycles. The SMILES string of the molecule is N#CC(F)C(=O)c1ccc(C(F)(F)F)cc1F. The van der Waals surface area contributed by atoms with E-state index in [-0.39, 0.29) is 6.07 Å². The number of benzene rings is 1. The van der Waals surface area contributed by atoms with Gasteiger partial charge in [0.1, 0.15) is 11.9 Å². The van der Waals surface area contributed by atoms with E-state index in [0.29, 0.717) is 12.1 Å². The van der Waals surface area contributed by atoms with Gasteiger partial charge in [0.05, 0.1) is 11.1 Å². The fraction of sp³-hybridized carbons (Fsp3) is 0.200. The van der Waals surface area contributed by atoms with Crippen molar-refractivity contribution >= 4 is 5.78 Å². The van der Waals surface area contributed by atoms with Gasteiger partial charge in [0, 0.05) is 0 Å². The molecule has 0 saturated heterocycles. The Kier molecular flexibility index (Phi) is 3.46. The lowest BCUT2D eigenvalue weighted by atomic mass is 10.0. The molecule has 90 valence electrons. The van der Waals surface area contributed by atoms with Crippen LogP contribution in [0.2, 0.25) is 0 Å². The lowest BCUT2D eigenvalue weighted by Gasteiger charge is -2.08. The van der Waals surface area contributed by atoms with Crippen LogP contribution >= 0.6 is 0 Å². The van der Waals surface area contributed by atoms with E-state index in [2.05, 4.69) is 0 Å². The summed E-state index contributed by atoms with van der Waals surface area (Å²) in [6.07, 6.45) is -7.35. The molecular formula is C10H4F5NO. The van der Waals surface area contributed by atoms with Crippen LogP contribution in [0.15, 0.2) is 18.2 Å². The second-order valence-corrected chi connectivity index (χ2v) is 3.05. The summed E-state index contributed by atoms with van der Waals surface area (Å²) in [7, 11) is 0. The number of carbonyl (C=O) groups excluding carboxylic acids is 1. The summed E-state index contributed by atoms with van der Waals surface area (Å²) >= 11 is 0. The molecule has 1 aromatic rings. The molecule has 7 heteroatoms. The van der Waals surface area contributed by atoms with E-state index in [9.17, 15) is 26.7 Å². The van der Waals surface area contributed by atoms with Crippen molar-refractivity contribution in [2.75, 3.05) is 0 Å². The number of halogens is 5. The topological polar surface area (TPSA) is 40.9 Å². The van der Waals surface area contributed by atoms with E-state index in [0.717, 1.165) is 6.07 Å². The minimum Gasteiger partial charge on any atom is -0.290 e. The van der Waals surface area contributed by atoms with Crippen LogP contribution in [-0.2, 0) is 6.18 Å². The first kappa shape index (κ1) is 13.1. The van der Waals surface area contributed by atoms with Gasteiger partial charge in [-0.1, -0.05) is 0 Å². The predicted molar refractivity (Wildman–Crippen MR) is 46.2 cm³/mol. The van der Waals surface area contributed by atoms with Gasteiger partial charge in [-0.15, -0.1) is 0 Å².